The number of amides is 1. The summed E-state index contributed by atoms with van der Waals surface area (Å²) in [7, 11) is 0. The number of aryl methyl sites for hydroxylation is 1. The van der Waals surface area contributed by atoms with Crippen LogP contribution in [0, 0.1) is 5.92 Å². The van der Waals surface area contributed by atoms with Crippen molar-refractivity contribution in [2.75, 3.05) is 18.0 Å². The van der Waals surface area contributed by atoms with Gasteiger partial charge in [-0.15, -0.1) is 0 Å². The second-order valence-corrected chi connectivity index (χ2v) is 8.41. The van der Waals surface area contributed by atoms with Gasteiger partial charge in [-0.2, -0.15) is 0 Å². The van der Waals surface area contributed by atoms with Crippen LogP contribution in [0.1, 0.15) is 44.2 Å². The highest BCUT2D eigenvalue weighted by atomic mass is 16.2. The number of nitrogens with one attached hydrogen (secondary N) is 1. The van der Waals surface area contributed by atoms with E-state index in [1.54, 1.807) is 6.08 Å². The standard InChI is InChI=1S/C26H32N2O2/c1-20(2)18-23(27-26(30)16-15-21-10-4-3-5-11-21)25(29)19-28-17-9-8-13-22-12-6-7-14-24(22)28/h3-7,10-12,14-16,20,23H,8-9,13,17-19H2,1-2H3,(H,27,30)/b16-15+. The number of rotatable bonds is 8. The zero-order chi connectivity index (χ0) is 21.3. The smallest absolute Gasteiger partial charge is 0.244 e. The van der Waals surface area contributed by atoms with E-state index in [1.165, 1.54) is 11.6 Å². The molecule has 0 spiro atoms. The van der Waals surface area contributed by atoms with Gasteiger partial charge in [-0.25, -0.2) is 0 Å². The number of carbonyl (C=O) groups is 2. The van der Waals surface area contributed by atoms with Crippen molar-refractivity contribution in [2.45, 2.75) is 45.6 Å². The summed E-state index contributed by atoms with van der Waals surface area (Å²) < 4.78 is 0. The molecule has 1 N–H and O–H groups in total. The number of hydrogen-bond acceptors (Lipinski definition) is 3. The third-order valence-corrected chi connectivity index (χ3v) is 5.44. The van der Waals surface area contributed by atoms with Gasteiger partial charge in [-0.05, 0) is 54.9 Å². The molecule has 1 heterocycles. The van der Waals surface area contributed by atoms with Crippen molar-refractivity contribution < 1.29 is 9.59 Å². The van der Waals surface area contributed by atoms with Crippen molar-refractivity contribution in [1.82, 2.24) is 5.32 Å². The van der Waals surface area contributed by atoms with Crippen LogP contribution in [0.3, 0.4) is 0 Å². The number of hydrogen-bond donors (Lipinski definition) is 1. The molecule has 0 radical (unpaired) electrons. The van der Waals surface area contributed by atoms with E-state index < -0.39 is 6.04 Å². The Bertz CT molecular complexity index is 874. The summed E-state index contributed by atoms with van der Waals surface area (Å²) in [6.07, 6.45) is 7.19. The van der Waals surface area contributed by atoms with Crippen molar-refractivity contribution in [3.8, 4) is 0 Å². The number of ketones is 1. The van der Waals surface area contributed by atoms with Gasteiger partial charge in [-0.3, -0.25) is 9.59 Å². The summed E-state index contributed by atoms with van der Waals surface area (Å²) >= 11 is 0. The van der Waals surface area contributed by atoms with Crippen LogP contribution >= 0.6 is 0 Å². The van der Waals surface area contributed by atoms with Gasteiger partial charge in [-0.1, -0.05) is 62.4 Å². The summed E-state index contributed by atoms with van der Waals surface area (Å²) in [5.41, 5.74) is 3.42. The number of anilines is 1. The average molecular weight is 405 g/mol. The molecule has 4 heteroatoms. The van der Waals surface area contributed by atoms with E-state index in [0.29, 0.717) is 18.9 Å². The van der Waals surface area contributed by atoms with E-state index in [0.717, 1.165) is 37.1 Å². The molecule has 30 heavy (non-hydrogen) atoms. The van der Waals surface area contributed by atoms with Crippen molar-refractivity contribution in [2.24, 2.45) is 5.92 Å². The minimum atomic E-state index is -0.478. The number of carbonyl (C=O) groups excluding carboxylic acids is 2. The maximum absolute atomic E-state index is 13.2. The Balaban J connectivity index is 1.68. The van der Waals surface area contributed by atoms with Crippen molar-refractivity contribution in [3.05, 3.63) is 71.8 Å². The molecule has 2 aromatic carbocycles. The largest absolute Gasteiger partial charge is 0.364 e. The molecule has 0 fully saturated rings. The zero-order valence-corrected chi connectivity index (χ0v) is 18.0. The predicted molar refractivity (Wildman–Crippen MR) is 123 cm³/mol. The molecule has 0 saturated heterocycles. The molecule has 1 atom stereocenters. The monoisotopic (exact) mass is 404 g/mol. The van der Waals surface area contributed by atoms with E-state index in [9.17, 15) is 9.59 Å². The molecule has 4 nitrogen and oxygen atoms in total. The normalized spacial score (nSPS) is 15.0. The number of fused-ring (bicyclic) bond motifs is 1. The third kappa shape index (κ3) is 6.31. The molecule has 1 unspecified atom stereocenters. The fourth-order valence-electron chi connectivity index (χ4n) is 3.93. The van der Waals surface area contributed by atoms with Gasteiger partial charge < -0.3 is 10.2 Å². The maximum Gasteiger partial charge on any atom is 0.244 e. The van der Waals surface area contributed by atoms with E-state index >= 15 is 0 Å². The first kappa shape index (κ1) is 21.8. The molecule has 0 bridgehead atoms. The Morgan fingerprint density at radius 2 is 1.77 bits per heavy atom. The Morgan fingerprint density at radius 3 is 2.53 bits per heavy atom. The van der Waals surface area contributed by atoms with Crippen LogP contribution in [0.5, 0.6) is 0 Å². The second kappa shape index (κ2) is 10.8. The first-order chi connectivity index (χ1) is 14.5. The lowest BCUT2D eigenvalue weighted by Crippen LogP contribution is -2.46. The molecule has 158 valence electrons. The fourth-order valence-corrected chi connectivity index (χ4v) is 3.93. The molecule has 1 amide bonds. The number of para-hydroxylation sites is 1. The lowest BCUT2D eigenvalue weighted by molar-refractivity contribution is -0.125. The van der Waals surface area contributed by atoms with Gasteiger partial charge in [0.05, 0.1) is 12.6 Å². The highest BCUT2D eigenvalue weighted by molar-refractivity contribution is 5.97. The topological polar surface area (TPSA) is 49.4 Å². The summed E-state index contributed by atoms with van der Waals surface area (Å²) in [5.74, 6) is 0.157. The lowest BCUT2D eigenvalue weighted by atomic mass is 9.99. The second-order valence-electron chi connectivity index (χ2n) is 8.41. The molecular formula is C26H32N2O2. The summed E-state index contributed by atoms with van der Waals surface area (Å²) in [5, 5.41) is 2.95. The molecule has 2 aromatic rings. The van der Waals surface area contributed by atoms with E-state index in [4.69, 9.17) is 0 Å². The lowest BCUT2D eigenvalue weighted by Gasteiger charge is -2.27. The summed E-state index contributed by atoms with van der Waals surface area (Å²) in [6, 6.07) is 17.6. The van der Waals surface area contributed by atoms with Crippen LogP contribution in [-0.4, -0.2) is 30.8 Å². The van der Waals surface area contributed by atoms with Gasteiger partial charge in [0.1, 0.15) is 0 Å². The number of benzene rings is 2. The quantitative estimate of drug-likeness (QED) is 0.652. The Kier molecular flexibility index (Phi) is 7.83. The van der Waals surface area contributed by atoms with Crippen LogP contribution in [0.2, 0.25) is 0 Å². The summed E-state index contributed by atoms with van der Waals surface area (Å²) in [6.45, 7) is 5.36. The SMILES string of the molecule is CC(C)CC(NC(=O)/C=C/c1ccccc1)C(=O)CN1CCCCc2ccccc21. The highest BCUT2D eigenvalue weighted by Crippen LogP contribution is 2.26. The van der Waals surface area contributed by atoms with Crippen molar-refractivity contribution >= 4 is 23.5 Å². The highest BCUT2D eigenvalue weighted by Gasteiger charge is 2.25. The molecular weight excluding hydrogens is 372 g/mol. The van der Waals surface area contributed by atoms with Crippen molar-refractivity contribution in [3.63, 3.8) is 0 Å². The van der Waals surface area contributed by atoms with Crippen LogP contribution in [-0.2, 0) is 16.0 Å². The number of Topliss-reactive ketones (excluding diaryl/α,β-unsaturated/α-hetero) is 1. The van der Waals surface area contributed by atoms with Crippen LogP contribution in [0.15, 0.2) is 60.7 Å². The van der Waals surface area contributed by atoms with Crippen molar-refractivity contribution in [1.29, 1.82) is 0 Å². The molecule has 0 saturated carbocycles. The maximum atomic E-state index is 13.2. The Morgan fingerprint density at radius 1 is 1.03 bits per heavy atom. The molecule has 0 aliphatic carbocycles. The number of nitrogens with zero attached hydrogens (tertiary/aromatic N) is 1. The van der Waals surface area contributed by atoms with Gasteiger partial charge in [0.15, 0.2) is 5.78 Å². The Hall–Kier alpha value is -2.88. The van der Waals surface area contributed by atoms with Crippen LogP contribution in [0.25, 0.3) is 6.08 Å². The van der Waals surface area contributed by atoms with Crippen LogP contribution in [0.4, 0.5) is 5.69 Å². The van der Waals surface area contributed by atoms with E-state index in [-0.39, 0.29) is 11.7 Å². The minimum Gasteiger partial charge on any atom is -0.364 e. The first-order valence-electron chi connectivity index (χ1n) is 10.9. The fraction of sp³-hybridized carbons (Fsp3) is 0.385. The Labute approximate surface area is 180 Å². The van der Waals surface area contributed by atoms with Gasteiger partial charge in [0.2, 0.25) is 5.91 Å². The minimum absolute atomic E-state index is 0.0712. The predicted octanol–water partition coefficient (Wildman–Crippen LogP) is 4.64. The molecule has 1 aliphatic heterocycles. The third-order valence-electron chi connectivity index (χ3n) is 5.44. The molecule has 3 rings (SSSR count). The van der Waals surface area contributed by atoms with Gasteiger partial charge in [0, 0.05) is 18.3 Å². The van der Waals surface area contributed by atoms with Gasteiger partial charge >= 0.3 is 0 Å². The molecule has 1 aliphatic rings. The van der Waals surface area contributed by atoms with Crippen LogP contribution < -0.4 is 10.2 Å². The molecule has 0 aromatic heterocycles. The van der Waals surface area contributed by atoms with E-state index in [2.05, 4.69) is 42.3 Å². The zero-order valence-electron chi connectivity index (χ0n) is 18.0. The average Bonchev–Trinajstić information content (AvgIpc) is 2.94. The van der Waals surface area contributed by atoms with Gasteiger partial charge in [0.25, 0.3) is 0 Å². The first-order valence-corrected chi connectivity index (χ1v) is 10.9. The van der Waals surface area contributed by atoms with E-state index in [1.807, 2.05) is 36.4 Å². The summed E-state index contributed by atoms with van der Waals surface area (Å²) in [4.78, 5) is 27.9.